The summed E-state index contributed by atoms with van der Waals surface area (Å²) in [7, 11) is 0. The predicted octanol–water partition coefficient (Wildman–Crippen LogP) is 5.91. The Balaban J connectivity index is 1.67. The van der Waals surface area contributed by atoms with Gasteiger partial charge < -0.3 is 14.0 Å². The summed E-state index contributed by atoms with van der Waals surface area (Å²) in [6.45, 7) is 10.1. The number of carbonyl (C=O) groups excluding carboxylic acids is 1. The average molecular weight is 611 g/mol. The highest BCUT2D eigenvalue weighted by molar-refractivity contribution is 7.07. The van der Waals surface area contributed by atoms with Crippen LogP contribution in [0.1, 0.15) is 49.3 Å². The van der Waals surface area contributed by atoms with Crippen molar-refractivity contribution >= 4 is 46.6 Å². The molecule has 0 radical (unpaired) electrons. The van der Waals surface area contributed by atoms with Crippen LogP contribution in [0.15, 0.2) is 69.6 Å². The van der Waals surface area contributed by atoms with Crippen molar-refractivity contribution in [1.29, 1.82) is 0 Å². The summed E-state index contributed by atoms with van der Waals surface area (Å²) in [4.78, 5) is 32.3. The molecule has 3 heterocycles. The zero-order chi connectivity index (χ0) is 29.4. The first kappa shape index (κ1) is 28.9. The summed E-state index contributed by atoms with van der Waals surface area (Å²) in [5, 5.41) is 1.09. The lowest BCUT2D eigenvalue weighted by Crippen LogP contribution is -2.39. The lowest BCUT2D eigenvalue weighted by molar-refractivity contribution is -0.139. The van der Waals surface area contributed by atoms with E-state index in [0.29, 0.717) is 43.0 Å². The van der Waals surface area contributed by atoms with Crippen molar-refractivity contribution in [3.8, 4) is 11.4 Å². The number of aryl methyl sites for hydroxylation is 1. The molecule has 4 aromatic rings. The second kappa shape index (κ2) is 11.7. The van der Waals surface area contributed by atoms with Crippen molar-refractivity contribution in [2.24, 2.45) is 4.99 Å². The number of esters is 1. The molecule has 2 aromatic carbocycles. The molecular weight excluding hydrogens is 581 g/mol. The number of carbonyl (C=O) groups is 1. The van der Waals surface area contributed by atoms with E-state index < -0.39 is 12.0 Å². The van der Waals surface area contributed by atoms with Gasteiger partial charge in [0.15, 0.2) is 4.80 Å². The molecule has 0 aliphatic carbocycles. The number of allylic oxidation sites excluding steroid dienone is 1. The summed E-state index contributed by atoms with van der Waals surface area (Å²) < 4.78 is 15.1. The van der Waals surface area contributed by atoms with Gasteiger partial charge in [0, 0.05) is 16.4 Å². The second-order valence-electron chi connectivity index (χ2n) is 9.56. The molecule has 2 aromatic heterocycles. The third-order valence-electron chi connectivity index (χ3n) is 6.93. The SMILES string of the molecule is CCOC(=O)C1=C(C)N=c2s/c(=C\c3cc(C)n(-c4ccc(Cl)cc4Cl)c3C)c(=O)n2[C@H]1c1ccc(OCC)cc1. The molecule has 0 saturated heterocycles. The van der Waals surface area contributed by atoms with Gasteiger partial charge in [-0.1, -0.05) is 46.7 Å². The average Bonchev–Trinajstić information content (AvgIpc) is 3.38. The van der Waals surface area contributed by atoms with E-state index in [4.69, 9.17) is 32.7 Å². The summed E-state index contributed by atoms with van der Waals surface area (Å²) in [6.07, 6.45) is 1.87. The molecular formula is C31H29Cl2N3O4S. The molecule has 0 N–H and O–H groups in total. The number of hydrogen-bond donors (Lipinski definition) is 0. The molecule has 0 fully saturated rings. The number of hydrogen-bond acceptors (Lipinski definition) is 6. The van der Waals surface area contributed by atoms with Crippen LogP contribution < -0.4 is 19.6 Å². The number of aromatic nitrogens is 2. The molecule has 0 spiro atoms. The maximum atomic E-state index is 14.0. The molecule has 0 amide bonds. The number of nitrogens with zero attached hydrogens (tertiary/aromatic N) is 3. The van der Waals surface area contributed by atoms with Crippen LogP contribution in [0.5, 0.6) is 5.75 Å². The van der Waals surface area contributed by atoms with Crippen LogP contribution in [-0.2, 0) is 9.53 Å². The Morgan fingerprint density at radius 3 is 2.44 bits per heavy atom. The fraction of sp³-hybridized carbons (Fsp3) is 0.258. The topological polar surface area (TPSA) is 74.8 Å². The lowest BCUT2D eigenvalue weighted by atomic mass is 9.96. The number of fused-ring (bicyclic) bond motifs is 1. The van der Waals surface area contributed by atoms with Gasteiger partial charge in [-0.25, -0.2) is 9.79 Å². The number of benzene rings is 2. The van der Waals surface area contributed by atoms with Gasteiger partial charge in [0.1, 0.15) is 5.75 Å². The van der Waals surface area contributed by atoms with Crippen LogP contribution in [0.2, 0.25) is 10.0 Å². The van der Waals surface area contributed by atoms with Crippen LogP contribution >= 0.6 is 34.5 Å². The third-order valence-corrected chi connectivity index (χ3v) is 8.45. The molecule has 5 rings (SSSR count). The van der Waals surface area contributed by atoms with E-state index in [0.717, 1.165) is 28.2 Å². The molecule has 0 saturated carbocycles. The minimum Gasteiger partial charge on any atom is -0.494 e. The molecule has 0 unspecified atom stereocenters. The summed E-state index contributed by atoms with van der Waals surface area (Å²) in [6, 6.07) is 14.1. The Labute approximate surface area is 251 Å². The minimum absolute atomic E-state index is 0.212. The molecule has 1 aliphatic heterocycles. The van der Waals surface area contributed by atoms with E-state index in [1.54, 1.807) is 30.5 Å². The van der Waals surface area contributed by atoms with Gasteiger partial charge in [-0.15, -0.1) is 0 Å². The van der Waals surface area contributed by atoms with Gasteiger partial charge in [0.05, 0.1) is 45.8 Å². The van der Waals surface area contributed by atoms with Crippen LogP contribution in [0.25, 0.3) is 11.8 Å². The van der Waals surface area contributed by atoms with Crippen molar-refractivity contribution < 1.29 is 14.3 Å². The largest absolute Gasteiger partial charge is 0.494 e. The molecule has 0 bridgehead atoms. The highest BCUT2D eigenvalue weighted by Crippen LogP contribution is 2.32. The van der Waals surface area contributed by atoms with Crippen LogP contribution in [0.4, 0.5) is 0 Å². The van der Waals surface area contributed by atoms with Crippen molar-refractivity contribution in [2.75, 3.05) is 13.2 Å². The van der Waals surface area contributed by atoms with Gasteiger partial charge in [-0.2, -0.15) is 0 Å². The van der Waals surface area contributed by atoms with Crippen LogP contribution in [0.3, 0.4) is 0 Å². The van der Waals surface area contributed by atoms with E-state index in [1.165, 1.54) is 11.3 Å². The number of ether oxygens (including phenoxy) is 2. The second-order valence-corrected chi connectivity index (χ2v) is 11.4. The van der Waals surface area contributed by atoms with Crippen LogP contribution in [-0.4, -0.2) is 28.3 Å². The normalized spacial score (nSPS) is 15.1. The molecule has 7 nitrogen and oxygen atoms in total. The third kappa shape index (κ3) is 5.39. The van der Waals surface area contributed by atoms with Gasteiger partial charge in [0.2, 0.25) is 0 Å². The predicted molar refractivity (Wildman–Crippen MR) is 163 cm³/mol. The highest BCUT2D eigenvalue weighted by Gasteiger charge is 2.33. The highest BCUT2D eigenvalue weighted by atomic mass is 35.5. The first-order chi connectivity index (χ1) is 19.6. The first-order valence-corrected chi connectivity index (χ1v) is 14.8. The van der Waals surface area contributed by atoms with Gasteiger partial charge in [0.25, 0.3) is 5.56 Å². The van der Waals surface area contributed by atoms with Crippen LogP contribution in [0, 0.1) is 13.8 Å². The Bertz CT molecular complexity index is 1870. The van der Waals surface area contributed by atoms with E-state index in [9.17, 15) is 9.59 Å². The number of rotatable bonds is 7. The number of halogens is 2. The first-order valence-electron chi connectivity index (χ1n) is 13.2. The fourth-order valence-electron chi connectivity index (χ4n) is 5.13. The summed E-state index contributed by atoms with van der Waals surface area (Å²) in [5.74, 6) is 0.212. The van der Waals surface area contributed by atoms with E-state index in [1.807, 2.05) is 67.8 Å². The number of thiazole rings is 1. The van der Waals surface area contributed by atoms with Crippen molar-refractivity contribution in [3.63, 3.8) is 0 Å². The molecule has 10 heteroatoms. The van der Waals surface area contributed by atoms with Gasteiger partial charge >= 0.3 is 5.97 Å². The zero-order valence-corrected chi connectivity index (χ0v) is 25.7. The minimum atomic E-state index is -0.691. The standard InChI is InChI=1S/C31H29Cl2N3O4S/c1-6-39-23-11-8-20(9-12-23)28-27(30(38)40-7-2)18(4)34-31-36(28)29(37)26(41-31)15-21-14-17(3)35(19(21)5)25-13-10-22(32)16-24(25)33/h8-16,28H,6-7H2,1-5H3/b26-15-/t28-/m0/s1. The lowest BCUT2D eigenvalue weighted by Gasteiger charge is -2.24. The molecule has 212 valence electrons. The Morgan fingerprint density at radius 2 is 1.78 bits per heavy atom. The van der Waals surface area contributed by atoms with E-state index in [-0.39, 0.29) is 12.2 Å². The maximum Gasteiger partial charge on any atom is 0.338 e. The van der Waals surface area contributed by atoms with Gasteiger partial charge in [-0.05, 0) is 88.2 Å². The Kier molecular flexibility index (Phi) is 8.27. The molecule has 1 aliphatic rings. The molecule has 1 atom stereocenters. The smallest absolute Gasteiger partial charge is 0.338 e. The van der Waals surface area contributed by atoms with Crippen molar-refractivity contribution in [1.82, 2.24) is 9.13 Å². The monoisotopic (exact) mass is 609 g/mol. The van der Waals surface area contributed by atoms with Crippen molar-refractivity contribution in [3.05, 3.63) is 112 Å². The molecule has 41 heavy (non-hydrogen) atoms. The Morgan fingerprint density at radius 1 is 1.05 bits per heavy atom. The van der Waals surface area contributed by atoms with E-state index >= 15 is 0 Å². The maximum absolute atomic E-state index is 14.0. The zero-order valence-electron chi connectivity index (χ0n) is 23.3. The Hall–Kier alpha value is -3.59. The van der Waals surface area contributed by atoms with E-state index in [2.05, 4.69) is 4.99 Å². The van der Waals surface area contributed by atoms with Crippen molar-refractivity contribution in [2.45, 2.75) is 40.7 Å². The fourth-order valence-corrected chi connectivity index (χ4v) is 6.66. The van der Waals surface area contributed by atoms with Gasteiger partial charge in [-0.3, -0.25) is 9.36 Å². The quantitative estimate of drug-likeness (QED) is 0.244. The summed E-state index contributed by atoms with van der Waals surface area (Å²) >= 11 is 13.9. The summed E-state index contributed by atoms with van der Waals surface area (Å²) in [5.41, 5.74) is 4.93.